The molecule has 3 heterocycles. The Hall–Kier alpha value is -1.33. The molecule has 1 amide bonds. The van der Waals surface area contributed by atoms with Crippen molar-refractivity contribution < 1.29 is 4.79 Å². The standard InChI is InChI=1S/C20H26N2OS2/c1-5-20(3,4)12-6-7-13-14(10-12)25-19-15(13)18(23)21-17(22-19)16-11(2)8-9-24-16/h8-9,12,17,22H,5-7,10H2,1-4H3,(H,21,23)/t12-,17-/m1/s1. The van der Waals surface area contributed by atoms with Crippen LogP contribution < -0.4 is 10.6 Å². The first-order valence-electron chi connectivity index (χ1n) is 9.16. The average Bonchev–Trinajstić information content (AvgIpc) is 3.17. The van der Waals surface area contributed by atoms with Gasteiger partial charge in [0.15, 0.2) is 0 Å². The predicted molar refractivity (Wildman–Crippen MR) is 107 cm³/mol. The van der Waals surface area contributed by atoms with E-state index in [1.165, 1.54) is 33.7 Å². The molecule has 0 unspecified atom stereocenters. The molecule has 0 aromatic carbocycles. The summed E-state index contributed by atoms with van der Waals surface area (Å²) in [5.74, 6) is 0.806. The highest BCUT2D eigenvalue weighted by molar-refractivity contribution is 7.16. The van der Waals surface area contributed by atoms with Crippen LogP contribution in [0.15, 0.2) is 11.4 Å². The van der Waals surface area contributed by atoms with Gasteiger partial charge < -0.3 is 10.6 Å². The largest absolute Gasteiger partial charge is 0.352 e. The van der Waals surface area contributed by atoms with Crippen molar-refractivity contribution in [3.05, 3.63) is 37.9 Å². The maximum Gasteiger partial charge on any atom is 0.256 e. The van der Waals surface area contributed by atoms with Gasteiger partial charge in [-0.25, -0.2) is 0 Å². The zero-order chi connectivity index (χ0) is 17.8. The van der Waals surface area contributed by atoms with Crippen LogP contribution in [0.25, 0.3) is 0 Å². The number of hydrogen-bond acceptors (Lipinski definition) is 4. The van der Waals surface area contributed by atoms with Crippen LogP contribution in [0.4, 0.5) is 5.00 Å². The Bertz CT molecular complexity index is 818. The Morgan fingerprint density at radius 3 is 2.80 bits per heavy atom. The Morgan fingerprint density at radius 1 is 1.32 bits per heavy atom. The summed E-state index contributed by atoms with van der Waals surface area (Å²) in [5.41, 5.74) is 3.82. The number of nitrogens with one attached hydrogen (secondary N) is 2. The summed E-state index contributed by atoms with van der Waals surface area (Å²) in [7, 11) is 0. The molecular weight excluding hydrogens is 348 g/mol. The van der Waals surface area contributed by atoms with Gasteiger partial charge in [-0.15, -0.1) is 22.7 Å². The number of aryl methyl sites for hydroxylation is 1. The third kappa shape index (κ3) is 2.81. The summed E-state index contributed by atoms with van der Waals surface area (Å²) in [6.07, 6.45) is 4.45. The molecule has 0 spiro atoms. The summed E-state index contributed by atoms with van der Waals surface area (Å²) in [6.45, 7) is 9.16. The SMILES string of the molecule is CCC(C)(C)[C@@H]1CCc2c(sc3c2C(=O)N[C@@H](c2sccc2C)N3)C1. The normalized spacial score (nSPS) is 22.8. The van der Waals surface area contributed by atoms with Crippen molar-refractivity contribution in [3.63, 3.8) is 0 Å². The van der Waals surface area contributed by atoms with E-state index in [-0.39, 0.29) is 12.1 Å². The van der Waals surface area contributed by atoms with Crippen LogP contribution in [0.2, 0.25) is 0 Å². The van der Waals surface area contributed by atoms with Gasteiger partial charge in [-0.3, -0.25) is 4.79 Å². The van der Waals surface area contributed by atoms with Crippen LogP contribution in [-0.4, -0.2) is 5.91 Å². The second-order valence-electron chi connectivity index (χ2n) is 8.01. The number of amides is 1. The molecule has 0 bridgehead atoms. The molecule has 3 nitrogen and oxygen atoms in total. The van der Waals surface area contributed by atoms with Gasteiger partial charge in [0.05, 0.1) is 5.56 Å². The lowest BCUT2D eigenvalue weighted by Gasteiger charge is -2.36. The molecule has 25 heavy (non-hydrogen) atoms. The summed E-state index contributed by atoms with van der Waals surface area (Å²) in [5, 5.41) is 9.92. The van der Waals surface area contributed by atoms with Gasteiger partial charge in [-0.2, -0.15) is 0 Å². The minimum absolute atomic E-state index is 0.0945. The quantitative estimate of drug-likeness (QED) is 0.743. The van der Waals surface area contributed by atoms with Crippen molar-refractivity contribution >= 4 is 33.6 Å². The molecule has 4 rings (SSSR count). The zero-order valence-corrected chi connectivity index (χ0v) is 17.0. The summed E-state index contributed by atoms with van der Waals surface area (Å²) in [4.78, 5) is 15.5. The van der Waals surface area contributed by atoms with Crippen LogP contribution in [0.5, 0.6) is 0 Å². The van der Waals surface area contributed by atoms with Gasteiger partial charge in [0, 0.05) is 9.75 Å². The molecule has 2 N–H and O–H groups in total. The lowest BCUT2D eigenvalue weighted by molar-refractivity contribution is 0.0935. The molecule has 1 aliphatic carbocycles. The predicted octanol–water partition coefficient (Wildman–Crippen LogP) is 5.51. The van der Waals surface area contributed by atoms with Gasteiger partial charge in [0.2, 0.25) is 0 Å². The van der Waals surface area contributed by atoms with E-state index in [4.69, 9.17) is 0 Å². The molecule has 5 heteroatoms. The van der Waals surface area contributed by atoms with Crippen LogP contribution in [0, 0.1) is 18.3 Å². The Balaban J connectivity index is 1.65. The molecule has 2 atom stereocenters. The molecule has 1 aliphatic heterocycles. The minimum atomic E-state index is -0.0945. The van der Waals surface area contributed by atoms with Crippen LogP contribution >= 0.6 is 22.7 Å². The van der Waals surface area contributed by atoms with E-state index in [1.807, 2.05) is 11.3 Å². The molecule has 2 aromatic heterocycles. The third-order valence-corrected chi connectivity index (χ3v) is 8.49. The van der Waals surface area contributed by atoms with Crippen molar-refractivity contribution in [1.82, 2.24) is 5.32 Å². The van der Waals surface area contributed by atoms with Crippen molar-refractivity contribution in [2.75, 3.05) is 5.32 Å². The lowest BCUT2D eigenvalue weighted by atomic mass is 9.69. The summed E-state index contributed by atoms with van der Waals surface area (Å²) >= 11 is 3.51. The average molecular weight is 375 g/mol. The van der Waals surface area contributed by atoms with Gasteiger partial charge >= 0.3 is 0 Å². The van der Waals surface area contributed by atoms with Crippen molar-refractivity contribution in [2.24, 2.45) is 11.3 Å². The fourth-order valence-electron chi connectivity index (χ4n) is 4.07. The van der Waals surface area contributed by atoms with Gasteiger partial charge in [0.1, 0.15) is 11.2 Å². The van der Waals surface area contributed by atoms with Crippen molar-refractivity contribution in [1.29, 1.82) is 0 Å². The number of rotatable bonds is 3. The molecule has 0 saturated heterocycles. The van der Waals surface area contributed by atoms with Crippen molar-refractivity contribution in [3.8, 4) is 0 Å². The van der Waals surface area contributed by atoms with E-state index < -0.39 is 0 Å². The van der Waals surface area contributed by atoms with E-state index in [9.17, 15) is 4.79 Å². The Kier molecular flexibility index (Phi) is 4.19. The first-order chi connectivity index (χ1) is 11.9. The second-order valence-corrected chi connectivity index (χ2v) is 10.1. The third-order valence-electron chi connectivity index (χ3n) is 6.22. The Labute approximate surface area is 157 Å². The van der Waals surface area contributed by atoms with Gasteiger partial charge in [-0.05, 0) is 60.1 Å². The molecule has 134 valence electrons. The summed E-state index contributed by atoms with van der Waals surface area (Å²) in [6, 6.07) is 2.11. The highest BCUT2D eigenvalue weighted by atomic mass is 32.1. The number of carbonyl (C=O) groups is 1. The van der Waals surface area contributed by atoms with Crippen LogP contribution in [0.1, 0.15) is 71.0 Å². The smallest absolute Gasteiger partial charge is 0.256 e. The zero-order valence-electron chi connectivity index (χ0n) is 15.4. The highest BCUT2D eigenvalue weighted by Crippen LogP contribution is 2.47. The number of carbonyl (C=O) groups excluding carboxylic acids is 1. The minimum Gasteiger partial charge on any atom is -0.352 e. The van der Waals surface area contributed by atoms with Crippen molar-refractivity contribution in [2.45, 2.75) is 59.5 Å². The highest BCUT2D eigenvalue weighted by Gasteiger charge is 2.37. The monoisotopic (exact) mass is 374 g/mol. The molecule has 0 fully saturated rings. The molecule has 0 radical (unpaired) electrons. The number of hydrogen-bond donors (Lipinski definition) is 2. The maximum atomic E-state index is 12.8. The number of thiophene rings is 2. The maximum absolute atomic E-state index is 12.8. The van der Waals surface area contributed by atoms with E-state index in [1.54, 1.807) is 11.3 Å². The first kappa shape index (κ1) is 17.1. The molecule has 0 saturated carbocycles. The van der Waals surface area contributed by atoms with Gasteiger partial charge in [-0.1, -0.05) is 27.2 Å². The topological polar surface area (TPSA) is 41.1 Å². The molecular formula is C20H26N2OS2. The van der Waals surface area contributed by atoms with E-state index in [0.29, 0.717) is 11.3 Å². The van der Waals surface area contributed by atoms with E-state index in [2.05, 4.69) is 49.8 Å². The second kappa shape index (κ2) is 6.13. The number of anilines is 1. The summed E-state index contributed by atoms with van der Waals surface area (Å²) < 4.78 is 0. The Morgan fingerprint density at radius 2 is 2.12 bits per heavy atom. The fraction of sp³-hybridized carbons (Fsp3) is 0.550. The van der Waals surface area contributed by atoms with E-state index >= 15 is 0 Å². The van der Waals surface area contributed by atoms with Gasteiger partial charge in [0.25, 0.3) is 5.91 Å². The molecule has 2 aliphatic rings. The molecule has 2 aromatic rings. The first-order valence-corrected chi connectivity index (χ1v) is 10.9. The van der Waals surface area contributed by atoms with Crippen LogP contribution in [0.3, 0.4) is 0 Å². The fourth-order valence-corrected chi connectivity index (χ4v) is 6.34. The number of fused-ring (bicyclic) bond motifs is 3. The van der Waals surface area contributed by atoms with Crippen LogP contribution in [-0.2, 0) is 12.8 Å². The lowest BCUT2D eigenvalue weighted by Crippen LogP contribution is -2.38. The van der Waals surface area contributed by atoms with E-state index in [0.717, 1.165) is 23.4 Å².